The van der Waals surface area contributed by atoms with Gasteiger partial charge in [0.05, 0.1) is 6.04 Å². The first-order valence-corrected chi connectivity index (χ1v) is 7.57. The minimum atomic E-state index is 0.132. The third kappa shape index (κ3) is 2.68. The fraction of sp³-hybridized carbons (Fsp3) is 0.588. The number of benzene rings is 1. The molecule has 0 saturated heterocycles. The summed E-state index contributed by atoms with van der Waals surface area (Å²) in [6.07, 6.45) is 6.09. The normalized spacial score (nSPS) is 26.4. The van der Waals surface area contributed by atoms with Crippen LogP contribution in [0.25, 0.3) is 0 Å². The zero-order chi connectivity index (χ0) is 13.4. The second-order valence-corrected chi connectivity index (χ2v) is 6.29. The fourth-order valence-corrected chi connectivity index (χ4v) is 3.11. The van der Waals surface area contributed by atoms with Crippen LogP contribution in [0.2, 0.25) is 0 Å². The van der Waals surface area contributed by atoms with Gasteiger partial charge in [0.15, 0.2) is 0 Å². The first kappa shape index (κ1) is 12.7. The van der Waals surface area contributed by atoms with Crippen LogP contribution in [0.15, 0.2) is 18.2 Å². The first-order chi connectivity index (χ1) is 9.15. The van der Waals surface area contributed by atoms with Gasteiger partial charge in [-0.1, -0.05) is 25.1 Å². The Morgan fingerprint density at radius 3 is 2.63 bits per heavy atom. The van der Waals surface area contributed by atoms with Gasteiger partial charge in [0.1, 0.15) is 0 Å². The smallest absolute Gasteiger partial charge is 0.223 e. The molecule has 0 spiro atoms. The number of hydrogen-bond acceptors (Lipinski definition) is 1. The molecular formula is C17H23NO. The first-order valence-electron chi connectivity index (χ1n) is 7.57. The van der Waals surface area contributed by atoms with Gasteiger partial charge < -0.3 is 5.32 Å². The number of carbonyl (C=O) groups is 1. The maximum atomic E-state index is 12.0. The molecule has 2 nitrogen and oxygen atoms in total. The van der Waals surface area contributed by atoms with E-state index >= 15 is 0 Å². The van der Waals surface area contributed by atoms with Crippen LogP contribution in [-0.4, -0.2) is 5.91 Å². The van der Waals surface area contributed by atoms with E-state index in [1.807, 2.05) is 0 Å². The summed E-state index contributed by atoms with van der Waals surface area (Å²) in [5.41, 5.74) is 4.25. The van der Waals surface area contributed by atoms with Crippen molar-refractivity contribution in [3.05, 3.63) is 34.9 Å². The summed E-state index contributed by atoms with van der Waals surface area (Å²) >= 11 is 0. The molecule has 0 aliphatic heterocycles. The van der Waals surface area contributed by atoms with E-state index < -0.39 is 0 Å². The average molecular weight is 257 g/mol. The number of aryl methyl sites for hydroxylation is 2. The highest BCUT2D eigenvalue weighted by Gasteiger charge is 2.39. The lowest BCUT2D eigenvalue weighted by Crippen LogP contribution is -2.28. The van der Waals surface area contributed by atoms with Crippen LogP contribution in [0.5, 0.6) is 0 Å². The Morgan fingerprint density at radius 2 is 1.95 bits per heavy atom. The molecule has 102 valence electrons. The third-order valence-electron chi connectivity index (χ3n) is 4.68. The molecule has 1 aromatic carbocycles. The van der Waals surface area contributed by atoms with E-state index in [-0.39, 0.29) is 17.9 Å². The number of nitrogens with one attached hydrogen (secondary N) is 1. The Bertz CT molecular complexity index is 494. The van der Waals surface area contributed by atoms with Crippen molar-refractivity contribution in [3.63, 3.8) is 0 Å². The SMILES string of the molecule is C[C@H](NC(=O)[C@@H]1C[C@H]1C)c1ccc2c(c1)CCCC2. The Labute approximate surface area is 115 Å². The predicted molar refractivity (Wildman–Crippen MR) is 76.9 cm³/mol. The molecule has 1 amide bonds. The van der Waals surface area contributed by atoms with E-state index in [2.05, 4.69) is 37.4 Å². The van der Waals surface area contributed by atoms with Gasteiger partial charge in [0.25, 0.3) is 0 Å². The van der Waals surface area contributed by atoms with Crippen LogP contribution in [0.1, 0.15) is 55.8 Å². The van der Waals surface area contributed by atoms with E-state index in [0.717, 1.165) is 6.42 Å². The van der Waals surface area contributed by atoms with Crippen molar-refractivity contribution in [2.75, 3.05) is 0 Å². The van der Waals surface area contributed by atoms with Gasteiger partial charge in [0, 0.05) is 5.92 Å². The number of carbonyl (C=O) groups excluding carboxylic acids is 1. The molecule has 0 heterocycles. The maximum Gasteiger partial charge on any atom is 0.223 e. The summed E-state index contributed by atoms with van der Waals surface area (Å²) in [5, 5.41) is 3.16. The summed E-state index contributed by atoms with van der Waals surface area (Å²) in [4.78, 5) is 12.0. The molecule has 3 atom stereocenters. The number of fused-ring (bicyclic) bond motifs is 1. The molecule has 3 rings (SSSR count). The topological polar surface area (TPSA) is 29.1 Å². The largest absolute Gasteiger partial charge is 0.349 e. The summed E-state index contributed by atoms with van der Waals surface area (Å²) < 4.78 is 0. The Morgan fingerprint density at radius 1 is 1.26 bits per heavy atom. The van der Waals surface area contributed by atoms with Crippen LogP contribution in [0.4, 0.5) is 0 Å². The average Bonchev–Trinajstić information content (AvgIpc) is 3.15. The van der Waals surface area contributed by atoms with Gasteiger partial charge in [-0.05, 0) is 61.6 Å². The molecule has 2 aliphatic carbocycles. The summed E-state index contributed by atoms with van der Waals surface area (Å²) in [7, 11) is 0. The van der Waals surface area contributed by atoms with Crippen LogP contribution in [0.3, 0.4) is 0 Å². The van der Waals surface area contributed by atoms with Crippen molar-refractivity contribution in [3.8, 4) is 0 Å². The van der Waals surface area contributed by atoms with E-state index in [4.69, 9.17) is 0 Å². The summed E-state index contributed by atoms with van der Waals surface area (Å²) in [6, 6.07) is 6.88. The Hall–Kier alpha value is -1.31. The molecule has 1 fully saturated rings. The molecule has 0 radical (unpaired) electrons. The van der Waals surface area contributed by atoms with E-state index in [9.17, 15) is 4.79 Å². The second-order valence-electron chi connectivity index (χ2n) is 6.29. The molecule has 19 heavy (non-hydrogen) atoms. The number of rotatable bonds is 3. The van der Waals surface area contributed by atoms with Crippen LogP contribution in [-0.2, 0) is 17.6 Å². The van der Waals surface area contributed by atoms with Crippen molar-refractivity contribution in [1.82, 2.24) is 5.32 Å². The predicted octanol–water partition coefficient (Wildman–Crippen LogP) is 3.40. The monoisotopic (exact) mass is 257 g/mol. The lowest BCUT2D eigenvalue weighted by Gasteiger charge is -2.20. The summed E-state index contributed by atoms with van der Waals surface area (Å²) in [5.74, 6) is 1.08. The highest BCUT2D eigenvalue weighted by Crippen LogP contribution is 2.38. The molecule has 0 bridgehead atoms. The molecule has 1 saturated carbocycles. The highest BCUT2D eigenvalue weighted by atomic mass is 16.2. The van der Waals surface area contributed by atoms with Crippen molar-refractivity contribution in [2.45, 2.75) is 52.0 Å². The van der Waals surface area contributed by atoms with Crippen LogP contribution in [0, 0.1) is 11.8 Å². The van der Waals surface area contributed by atoms with Gasteiger partial charge >= 0.3 is 0 Å². The fourth-order valence-electron chi connectivity index (χ4n) is 3.11. The lowest BCUT2D eigenvalue weighted by atomic mass is 9.89. The van der Waals surface area contributed by atoms with Gasteiger partial charge in [-0.15, -0.1) is 0 Å². The number of hydrogen-bond donors (Lipinski definition) is 1. The molecule has 0 aromatic heterocycles. The lowest BCUT2D eigenvalue weighted by molar-refractivity contribution is -0.123. The van der Waals surface area contributed by atoms with Crippen LogP contribution >= 0.6 is 0 Å². The second kappa shape index (κ2) is 4.99. The zero-order valence-electron chi connectivity index (χ0n) is 11.9. The van der Waals surface area contributed by atoms with E-state index in [0.29, 0.717) is 5.92 Å². The third-order valence-corrected chi connectivity index (χ3v) is 4.68. The number of amides is 1. The minimum absolute atomic E-state index is 0.132. The molecule has 2 heteroatoms. The highest BCUT2D eigenvalue weighted by molar-refractivity contribution is 5.81. The van der Waals surface area contributed by atoms with Crippen molar-refractivity contribution in [1.29, 1.82) is 0 Å². The zero-order valence-corrected chi connectivity index (χ0v) is 11.9. The molecule has 1 aromatic rings. The van der Waals surface area contributed by atoms with Gasteiger partial charge in [-0.25, -0.2) is 0 Å². The van der Waals surface area contributed by atoms with Gasteiger partial charge in [-0.3, -0.25) is 4.79 Å². The quantitative estimate of drug-likeness (QED) is 0.883. The standard InChI is InChI=1S/C17H23NO/c1-11-9-16(11)17(19)18-12(2)14-8-7-13-5-3-4-6-15(13)10-14/h7-8,10-12,16H,3-6,9H2,1-2H3,(H,18,19)/t11-,12+,16-/m1/s1. The van der Waals surface area contributed by atoms with E-state index in [1.54, 1.807) is 0 Å². The molecule has 1 N–H and O–H groups in total. The Kier molecular flexibility index (Phi) is 3.34. The van der Waals surface area contributed by atoms with Gasteiger partial charge in [0.2, 0.25) is 5.91 Å². The van der Waals surface area contributed by atoms with Crippen molar-refractivity contribution in [2.24, 2.45) is 11.8 Å². The molecule has 0 unspecified atom stereocenters. The van der Waals surface area contributed by atoms with E-state index in [1.165, 1.54) is 42.4 Å². The van der Waals surface area contributed by atoms with Crippen molar-refractivity contribution >= 4 is 5.91 Å². The maximum absolute atomic E-state index is 12.0. The summed E-state index contributed by atoms with van der Waals surface area (Å²) in [6.45, 7) is 4.24. The Balaban J connectivity index is 1.69. The van der Waals surface area contributed by atoms with Gasteiger partial charge in [-0.2, -0.15) is 0 Å². The van der Waals surface area contributed by atoms with Crippen LogP contribution < -0.4 is 5.32 Å². The van der Waals surface area contributed by atoms with Crippen molar-refractivity contribution < 1.29 is 4.79 Å². The minimum Gasteiger partial charge on any atom is -0.349 e. The molecule has 2 aliphatic rings. The molecular weight excluding hydrogens is 234 g/mol.